The van der Waals surface area contributed by atoms with Gasteiger partial charge >= 0.3 is 6.03 Å². The van der Waals surface area contributed by atoms with Crippen molar-refractivity contribution in [3.8, 4) is 6.07 Å². The smallest absolute Gasteiger partial charge is 0.319 e. The molecule has 18 heavy (non-hydrogen) atoms. The van der Waals surface area contributed by atoms with Gasteiger partial charge < -0.3 is 4.90 Å². The second kappa shape index (κ2) is 5.07. The van der Waals surface area contributed by atoms with Crippen LogP contribution in [-0.4, -0.2) is 29.0 Å². The quantitative estimate of drug-likeness (QED) is 0.630. The number of aryl methyl sites for hydroxylation is 1. The number of carbonyl (C=O) groups excluding carboxylic acids is 1. The molecule has 0 aromatic heterocycles. The number of nitrogens with two attached hydrogens (primary N) is 1. The summed E-state index contributed by atoms with van der Waals surface area (Å²) < 4.78 is 0. The van der Waals surface area contributed by atoms with Crippen LogP contribution in [0.5, 0.6) is 0 Å². The fourth-order valence-corrected chi connectivity index (χ4v) is 2.10. The molecule has 2 amide bonds. The summed E-state index contributed by atoms with van der Waals surface area (Å²) in [6.45, 7) is 3.84. The minimum absolute atomic E-state index is 0.134. The third kappa shape index (κ3) is 2.44. The highest BCUT2D eigenvalue weighted by Crippen LogP contribution is 2.16. The van der Waals surface area contributed by atoms with Crippen LogP contribution in [-0.2, 0) is 6.54 Å². The summed E-state index contributed by atoms with van der Waals surface area (Å²) in [7, 11) is 0. The summed E-state index contributed by atoms with van der Waals surface area (Å²) in [5, 5.41) is 10.1. The number of rotatable bonds is 2. The first kappa shape index (κ1) is 12.4. The van der Waals surface area contributed by atoms with E-state index in [0.29, 0.717) is 18.7 Å². The summed E-state index contributed by atoms with van der Waals surface area (Å²) in [6, 6.07) is 7.48. The van der Waals surface area contributed by atoms with Gasteiger partial charge in [0.2, 0.25) is 0 Å². The summed E-state index contributed by atoms with van der Waals surface area (Å²) in [5.41, 5.74) is 2.72. The number of urea groups is 1. The average Bonchev–Trinajstić information content (AvgIpc) is 2.37. The molecule has 0 bridgehead atoms. The number of nitriles is 1. The van der Waals surface area contributed by atoms with Crippen LogP contribution in [0.2, 0.25) is 0 Å². The van der Waals surface area contributed by atoms with Gasteiger partial charge in [0.05, 0.1) is 11.6 Å². The minimum Gasteiger partial charge on any atom is -0.319 e. The monoisotopic (exact) mass is 244 g/mol. The van der Waals surface area contributed by atoms with E-state index in [0.717, 1.165) is 24.1 Å². The van der Waals surface area contributed by atoms with Gasteiger partial charge in [0.1, 0.15) is 0 Å². The first-order valence-corrected chi connectivity index (χ1v) is 5.92. The molecule has 1 heterocycles. The van der Waals surface area contributed by atoms with E-state index in [-0.39, 0.29) is 6.03 Å². The summed E-state index contributed by atoms with van der Waals surface area (Å²) in [5.74, 6) is 5.61. The van der Waals surface area contributed by atoms with Crippen LogP contribution in [0, 0.1) is 18.3 Å². The molecular weight excluding hydrogens is 228 g/mol. The Morgan fingerprint density at radius 1 is 1.44 bits per heavy atom. The Morgan fingerprint density at radius 3 is 2.89 bits per heavy atom. The van der Waals surface area contributed by atoms with Gasteiger partial charge in [-0.15, -0.1) is 0 Å². The van der Waals surface area contributed by atoms with Crippen LogP contribution < -0.4 is 5.84 Å². The Hall–Kier alpha value is -2.06. The predicted octanol–water partition coefficient (Wildman–Crippen LogP) is 1.37. The van der Waals surface area contributed by atoms with Crippen LogP contribution in [0.15, 0.2) is 18.2 Å². The normalized spacial score (nSPS) is 15.7. The molecule has 0 spiro atoms. The maximum absolute atomic E-state index is 11.8. The Kier molecular flexibility index (Phi) is 3.49. The minimum atomic E-state index is -0.134. The third-order valence-corrected chi connectivity index (χ3v) is 3.18. The second-order valence-electron chi connectivity index (χ2n) is 4.50. The Labute approximate surface area is 106 Å². The fraction of sp³-hybridized carbons (Fsp3) is 0.385. The zero-order chi connectivity index (χ0) is 13.1. The van der Waals surface area contributed by atoms with Gasteiger partial charge in [-0.3, -0.25) is 5.01 Å². The lowest BCUT2D eigenvalue weighted by Gasteiger charge is -2.33. The van der Waals surface area contributed by atoms with E-state index in [1.165, 1.54) is 5.01 Å². The van der Waals surface area contributed by atoms with E-state index in [9.17, 15) is 4.79 Å². The van der Waals surface area contributed by atoms with E-state index in [1.54, 1.807) is 11.0 Å². The molecule has 1 saturated heterocycles. The number of hydrogen-bond donors (Lipinski definition) is 1. The topological polar surface area (TPSA) is 73.4 Å². The van der Waals surface area contributed by atoms with E-state index in [2.05, 4.69) is 6.07 Å². The molecule has 1 aliphatic rings. The lowest BCUT2D eigenvalue weighted by Crippen LogP contribution is -2.52. The largest absolute Gasteiger partial charge is 0.334 e. The van der Waals surface area contributed by atoms with Crippen molar-refractivity contribution in [2.24, 2.45) is 5.84 Å². The molecule has 0 saturated carbocycles. The number of carbonyl (C=O) groups is 1. The van der Waals surface area contributed by atoms with Crippen molar-refractivity contribution >= 4 is 6.03 Å². The first-order chi connectivity index (χ1) is 8.61. The highest BCUT2D eigenvalue weighted by atomic mass is 16.2. The van der Waals surface area contributed by atoms with Gasteiger partial charge in [0, 0.05) is 19.6 Å². The SMILES string of the molecule is Cc1cc(C#N)ccc1CN1CCCN(N)C1=O. The molecule has 1 aromatic rings. The fourth-order valence-electron chi connectivity index (χ4n) is 2.10. The predicted molar refractivity (Wildman–Crippen MR) is 67.2 cm³/mol. The van der Waals surface area contributed by atoms with Gasteiger partial charge in [-0.1, -0.05) is 6.07 Å². The molecule has 1 aliphatic heterocycles. The molecule has 94 valence electrons. The van der Waals surface area contributed by atoms with Crippen molar-refractivity contribution in [1.29, 1.82) is 5.26 Å². The molecule has 0 radical (unpaired) electrons. The lowest BCUT2D eigenvalue weighted by atomic mass is 10.0. The zero-order valence-corrected chi connectivity index (χ0v) is 10.4. The lowest BCUT2D eigenvalue weighted by molar-refractivity contribution is 0.127. The molecule has 0 unspecified atom stereocenters. The highest BCUT2D eigenvalue weighted by Gasteiger charge is 2.23. The first-order valence-electron chi connectivity index (χ1n) is 5.92. The number of amides is 2. The summed E-state index contributed by atoms with van der Waals surface area (Å²) in [6.07, 6.45) is 0.886. The Bertz CT molecular complexity index is 506. The van der Waals surface area contributed by atoms with Crippen LogP contribution in [0.3, 0.4) is 0 Å². The van der Waals surface area contributed by atoms with Crippen LogP contribution >= 0.6 is 0 Å². The molecule has 0 atom stereocenters. The van der Waals surface area contributed by atoms with E-state index < -0.39 is 0 Å². The van der Waals surface area contributed by atoms with Gasteiger partial charge in [-0.05, 0) is 36.6 Å². The molecule has 1 aromatic carbocycles. The number of hydrogen-bond acceptors (Lipinski definition) is 3. The Morgan fingerprint density at radius 2 is 2.22 bits per heavy atom. The summed E-state index contributed by atoms with van der Waals surface area (Å²) >= 11 is 0. The number of nitrogens with zero attached hydrogens (tertiary/aromatic N) is 3. The molecule has 2 rings (SSSR count). The van der Waals surface area contributed by atoms with Crippen LogP contribution in [0.25, 0.3) is 0 Å². The zero-order valence-electron chi connectivity index (χ0n) is 10.4. The van der Waals surface area contributed by atoms with E-state index >= 15 is 0 Å². The molecule has 5 heteroatoms. The molecule has 2 N–H and O–H groups in total. The summed E-state index contributed by atoms with van der Waals surface area (Å²) in [4.78, 5) is 13.6. The second-order valence-corrected chi connectivity index (χ2v) is 4.50. The van der Waals surface area contributed by atoms with Crippen molar-refractivity contribution < 1.29 is 4.79 Å². The molecule has 1 fully saturated rings. The van der Waals surface area contributed by atoms with Crippen LogP contribution in [0.4, 0.5) is 4.79 Å². The van der Waals surface area contributed by atoms with Gasteiger partial charge in [0.15, 0.2) is 0 Å². The number of benzene rings is 1. The highest BCUT2D eigenvalue weighted by molar-refractivity contribution is 5.74. The number of hydrazine groups is 1. The molecule has 0 aliphatic carbocycles. The maximum atomic E-state index is 11.8. The van der Waals surface area contributed by atoms with Crippen molar-refractivity contribution in [1.82, 2.24) is 9.91 Å². The van der Waals surface area contributed by atoms with Crippen LogP contribution in [0.1, 0.15) is 23.1 Å². The molecular formula is C13H16N4O. The van der Waals surface area contributed by atoms with Gasteiger partial charge in [0.25, 0.3) is 0 Å². The van der Waals surface area contributed by atoms with E-state index in [1.807, 2.05) is 19.1 Å². The Balaban J connectivity index is 2.14. The average molecular weight is 244 g/mol. The molecule has 5 nitrogen and oxygen atoms in total. The third-order valence-electron chi connectivity index (χ3n) is 3.18. The standard InChI is InChI=1S/C13H16N4O/c1-10-7-11(8-14)3-4-12(10)9-16-5-2-6-17(15)13(16)18/h3-4,7H,2,5-6,9,15H2,1H3. The van der Waals surface area contributed by atoms with E-state index in [4.69, 9.17) is 11.1 Å². The van der Waals surface area contributed by atoms with Crippen molar-refractivity contribution in [3.63, 3.8) is 0 Å². The van der Waals surface area contributed by atoms with Crippen molar-refractivity contribution in [2.75, 3.05) is 13.1 Å². The van der Waals surface area contributed by atoms with Crippen molar-refractivity contribution in [3.05, 3.63) is 34.9 Å². The van der Waals surface area contributed by atoms with Gasteiger partial charge in [-0.25, -0.2) is 10.6 Å². The van der Waals surface area contributed by atoms with Crippen molar-refractivity contribution in [2.45, 2.75) is 19.9 Å². The van der Waals surface area contributed by atoms with Gasteiger partial charge in [-0.2, -0.15) is 5.26 Å². The maximum Gasteiger partial charge on any atom is 0.334 e.